The van der Waals surface area contributed by atoms with Crippen molar-refractivity contribution in [3.05, 3.63) is 23.8 Å². The zero-order chi connectivity index (χ0) is 24.3. The molecule has 0 radical (unpaired) electrons. The van der Waals surface area contributed by atoms with Gasteiger partial charge in [-0.3, -0.25) is 4.90 Å². The summed E-state index contributed by atoms with van der Waals surface area (Å²) >= 11 is 0. The largest absolute Gasteiger partial charge is 0.377 e. The Morgan fingerprint density at radius 3 is 2.26 bits per heavy atom. The van der Waals surface area contributed by atoms with Crippen LogP contribution in [-0.2, 0) is 4.74 Å². The number of piperazine rings is 1. The predicted octanol–water partition coefficient (Wildman–Crippen LogP) is 6.54. The summed E-state index contributed by atoms with van der Waals surface area (Å²) in [4.78, 5) is 7.93. The minimum absolute atomic E-state index is 0.386. The lowest BCUT2D eigenvalue weighted by Crippen LogP contribution is -2.47. The van der Waals surface area contributed by atoms with Crippen LogP contribution < -0.4 is 9.80 Å². The summed E-state index contributed by atoms with van der Waals surface area (Å²) in [6.45, 7) is 23.3. The molecule has 0 unspecified atom stereocenters. The molecule has 2 heterocycles. The van der Waals surface area contributed by atoms with Crippen LogP contribution in [0.1, 0.15) is 91.5 Å². The number of unbranched alkanes of at least 4 members (excludes halogenated alkanes) is 1. The molecule has 3 aliphatic rings. The van der Waals surface area contributed by atoms with E-state index in [1.807, 2.05) is 0 Å². The van der Waals surface area contributed by atoms with Crippen LogP contribution in [0.3, 0.4) is 0 Å². The lowest BCUT2D eigenvalue weighted by Gasteiger charge is -2.46. The van der Waals surface area contributed by atoms with Crippen molar-refractivity contribution >= 4 is 11.4 Å². The Balaban J connectivity index is 1.59. The molecule has 4 heteroatoms. The van der Waals surface area contributed by atoms with Crippen molar-refractivity contribution in [1.82, 2.24) is 4.90 Å². The number of benzene rings is 1. The lowest BCUT2D eigenvalue weighted by molar-refractivity contribution is 0.0787. The molecule has 34 heavy (non-hydrogen) atoms. The molecule has 3 fully saturated rings. The number of rotatable bonds is 8. The van der Waals surface area contributed by atoms with Crippen molar-refractivity contribution in [2.75, 3.05) is 62.2 Å². The standard InChI is InChI=1S/C30H51N3O/c1-7-9-13-31-15-17-32(18-16-31)28-11-10-25(33-14-12-26(22-33)34-8-2)19-27(28)24-20-29(3,4)23-30(5,6)21-24/h10-11,19,24,26H,7-9,12-18,20-23H2,1-6H3/t26-/m1/s1. The van der Waals surface area contributed by atoms with Gasteiger partial charge in [-0.05, 0) is 86.1 Å². The third kappa shape index (κ3) is 6.29. The predicted molar refractivity (Wildman–Crippen MR) is 146 cm³/mol. The van der Waals surface area contributed by atoms with Crippen molar-refractivity contribution in [2.45, 2.75) is 92.1 Å². The molecule has 1 aromatic carbocycles. The van der Waals surface area contributed by atoms with E-state index in [4.69, 9.17) is 4.74 Å². The van der Waals surface area contributed by atoms with Crippen LogP contribution in [-0.4, -0.2) is 63.4 Å². The Labute approximate surface area is 210 Å². The van der Waals surface area contributed by atoms with Gasteiger partial charge in [0.1, 0.15) is 0 Å². The SMILES string of the molecule is CCCCN1CCN(c2ccc(N3CC[C@@H](OCC)C3)cc2C2CC(C)(C)CC(C)(C)C2)CC1. The van der Waals surface area contributed by atoms with Crippen LogP contribution in [0.25, 0.3) is 0 Å². The highest BCUT2D eigenvalue weighted by Gasteiger charge is 2.40. The minimum Gasteiger partial charge on any atom is -0.377 e. The second-order valence-electron chi connectivity index (χ2n) is 12.8. The molecule has 0 bridgehead atoms. The van der Waals surface area contributed by atoms with Gasteiger partial charge in [-0.1, -0.05) is 41.0 Å². The van der Waals surface area contributed by atoms with Crippen LogP contribution in [0.5, 0.6) is 0 Å². The molecule has 2 saturated heterocycles. The highest BCUT2D eigenvalue weighted by molar-refractivity contribution is 5.64. The van der Waals surface area contributed by atoms with E-state index in [1.54, 1.807) is 5.56 Å². The molecule has 0 N–H and O–H groups in total. The Hall–Kier alpha value is -1.26. The second kappa shape index (κ2) is 10.8. The van der Waals surface area contributed by atoms with Gasteiger partial charge in [0, 0.05) is 57.3 Å². The Bertz CT molecular complexity index is 780. The molecule has 4 nitrogen and oxygen atoms in total. The highest BCUT2D eigenvalue weighted by atomic mass is 16.5. The van der Waals surface area contributed by atoms with E-state index in [0.717, 1.165) is 39.2 Å². The summed E-state index contributed by atoms with van der Waals surface area (Å²) < 4.78 is 5.96. The maximum Gasteiger partial charge on any atom is 0.0766 e. The Morgan fingerprint density at radius 1 is 0.912 bits per heavy atom. The van der Waals surface area contributed by atoms with Gasteiger partial charge >= 0.3 is 0 Å². The summed E-state index contributed by atoms with van der Waals surface area (Å²) in [6.07, 6.45) is 8.06. The van der Waals surface area contributed by atoms with Gasteiger partial charge < -0.3 is 14.5 Å². The molecule has 4 rings (SSSR count). The zero-order valence-corrected chi connectivity index (χ0v) is 23.0. The molecule has 192 valence electrons. The van der Waals surface area contributed by atoms with E-state index in [0.29, 0.717) is 22.9 Å². The molecule has 0 aromatic heterocycles. The topological polar surface area (TPSA) is 19.0 Å². The molecule has 2 aliphatic heterocycles. The number of nitrogens with zero attached hydrogens (tertiary/aromatic N) is 3. The fraction of sp³-hybridized carbons (Fsp3) is 0.800. The first-order chi connectivity index (χ1) is 16.2. The van der Waals surface area contributed by atoms with Gasteiger partial charge in [0.25, 0.3) is 0 Å². The van der Waals surface area contributed by atoms with Gasteiger partial charge in [-0.15, -0.1) is 0 Å². The minimum atomic E-state index is 0.386. The molecular weight excluding hydrogens is 418 g/mol. The van der Waals surface area contributed by atoms with Crippen molar-refractivity contribution < 1.29 is 4.74 Å². The first-order valence-corrected chi connectivity index (χ1v) is 14.2. The van der Waals surface area contributed by atoms with Crippen molar-refractivity contribution in [1.29, 1.82) is 0 Å². The normalized spacial score (nSPS) is 25.8. The van der Waals surface area contributed by atoms with Gasteiger partial charge in [0.15, 0.2) is 0 Å². The van der Waals surface area contributed by atoms with Crippen LogP contribution in [0.15, 0.2) is 18.2 Å². The average molecular weight is 470 g/mol. The monoisotopic (exact) mass is 469 g/mol. The number of hydrogen-bond donors (Lipinski definition) is 0. The smallest absolute Gasteiger partial charge is 0.0766 e. The van der Waals surface area contributed by atoms with E-state index in [2.05, 4.69) is 74.4 Å². The number of anilines is 2. The van der Waals surface area contributed by atoms with Gasteiger partial charge in [0.05, 0.1) is 6.10 Å². The second-order valence-corrected chi connectivity index (χ2v) is 12.8. The summed E-state index contributed by atoms with van der Waals surface area (Å²) in [6, 6.07) is 7.44. The van der Waals surface area contributed by atoms with Gasteiger partial charge in [-0.25, -0.2) is 0 Å². The van der Waals surface area contributed by atoms with Crippen molar-refractivity contribution in [2.24, 2.45) is 10.8 Å². The fourth-order valence-electron chi connectivity index (χ4n) is 7.35. The maximum absolute atomic E-state index is 5.96. The van der Waals surface area contributed by atoms with E-state index in [-0.39, 0.29) is 0 Å². The molecule has 1 aliphatic carbocycles. The molecule has 1 aromatic rings. The van der Waals surface area contributed by atoms with Gasteiger partial charge in [-0.2, -0.15) is 0 Å². The Morgan fingerprint density at radius 2 is 1.62 bits per heavy atom. The molecule has 0 amide bonds. The molecule has 0 spiro atoms. The summed E-state index contributed by atoms with van der Waals surface area (Å²) in [5.41, 5.74) is 5.32. The third-order valence-corrected chi connectivity index (χ3v) is 8.46. The highest BCUT2D eigenvalue weighted by Crippen LogP contribution is 2.53. The molecule has 1 atom stereocenters. The van der Waals surface area contributed by atoms with E-state index in [9.17, 15) is 0 Å². The van der Waals surface area contributed by atoms with Crippen molar-refractivity contribution in [3.8, 4) is 0 Å². The summed E-state index contributed by atoms with van der Waals surface area (Å²) in [7, 11) is 0. The molecular formula is C30H51N3O. The average Bonchev–Trinajstić information content (AvgIpc) is 3.24. The van der Waals surface area contributed by atoms with Crippen LogP contribution in [0.4, 0.5) is 11.4 Å². The zero-order valence-electron chi connectivity index (χ0n) is 23.0. The number of ether oxygens (including phenoxy) is 1. The van der Waals surface area contributed by atoms with E-state index >= 15 is 0 Å². The maximum atomic E-state index is 5.96. The first-order valence-electron chi connectivity index (χ1n) is 14.2. The summed E-state index contributed by atoms with van der Waals surface area (Å²) in [5.74, 6) is 0.636. The van der Waals surface area contributed by atoms with Crippen LogP contribution in [0.2, 0.25) is 0 Å². The molecule has 1 saturated carbocycles. The lowest BCUT2D eigenvalue weighted by atomic mass is 9.60. The Kier molecular flexibility index (Phi) is 8.19. The fourth-order valence-corrected chi connectivity index (χ4v) is 7.35. The van der Waals surface area contributed by atoms with E-state index < -0.39 is 0 Å². The quantitative estimate of drug-likeness (QED) is 0.430. The first kappa shape index (κ1) is 25.8. The number of hydrogen-bond acceptors (Lipinski definition) is 4. The van der Waals surface area contributed by atoms with Crippen LogP contribution >= 0.6 is 0 Å². The van der Waals surface area contributed by atoms with E-state index in [1.165, 1.54) is 63.1 Å². The van der Waals surface area contributed by atoms with Gasteiger partial charge in [0.2, 0.25) is 0 Å². The summed E-state index contributed by atoms with van der Waals surface area (Å²) in [5, 5.41) is 0. The third-order valence-electron chi connectivity index (χ3n) is 8.46. The van der Waals surface area contributed by atoms with Crippen LogP contribution in [0, 0.1) is 10.8 Å². The van der Waals surface area contributed by atoms with Crippen molar-refractivity contribution in [3.63, 3.8) is 0 Å².